The van der Waals surface area contributed by atoms with Crippen LogP contribution in [0, 0.1) is 11.8 Å². The van der Waals surface area contributed by atoms with Crippen molar-refractivity contribution >= 4 is 17.8 Å². The molecule has 0 aromatic heterocycles. The van der Waals surface area contributed by atoms with Gasteiger partial charge in [0.15, 0.2) is 0 Å². The summed E-state index contributed by atoms with van der Waals surface area (Å²) in [6.07, 6.45) is 8.53. The van der Waals surface area contributed by atoms with Crippen molar-refractivity contribution in [3.8, 4) is 0 Å². The summed E-state index contributed by atoms with van der Waals surface area (Å²) in [6, 6.07) is 8.03. The number of carbonyl (C=O) groups excluding carboxylic acids is 3. The molecule has 0 saturated carbocycles. The maximum Gasteiger partial charge on any atom is 0.312 e. The lowest BCUT2D eigenvalue weighted by molar-refractivity contribution is -0.163. The highest BCUT2D eigenvalue weighted by Gasteiger charge is 2.79. The molecule has 3 fully saturated rings. The van der Waals surface area contributed by atoms with E-state index in [1.165, 1.54) is 0 Å². The minimum atomic E-state index is -1.16. The van der Waals surface area contributed by atoms with Crippen LogP contribution in [0.25, 0.3) is 0 Å². The number of hydrogen-bond donors (Lipinski definition) is 1. The van der Waals surface area contributed by atoms with Gasteiger partial charge in [0.25, 0.3) is 0 Å². The fourth-order valence-corrected chi connectivity index (χ4v) is 7.28. The summed E-state index contributed by atoms with van der Waals surface area (Å²) in [6.45, 7) is 12.4. The molecule has 4 rings (SSSR count). The number of carbonyl (C=O) groups is 3. The van der Waals surface area contributed by atoms with E-state index in [4.69, 9.17) is 9.47 Å². The van der Waals surface area contributed by atoms with Crippen LogP contribution in [-0.2, 0) is 30.3 Å². The van der Waals surface area contributed by atoms with Crippen molar-refractivity contribution in [2.45, 2.75) is 88.5 Å². The van der Waals surface area contributed by atoms with Gasteiger partial charge in [-0.05, 0) is 50.5 Å². The number of ether oxygens (including phenoxy) is 2. The number of likely N-dealkylation sites (tertiary alicyclic amines) is 1. The first-order chi connectivity index (χ1) is 19.8. The van der Waals surface area contributed by atoms with Crippen LogP contribution in [0.15, 0.2) is 55.6 Å². The smallest absolute Gasteiger partial charge is 0.312 e. The Labute approximate surface area is 244 Å². The molecule has 1 spiro atoms. The fraction of sp³-hybridized carbons (Fsp3) is 0.606. The lowest BCUT2D eigenvalue weighted by Crippen LogP contribution is -2.59. The van der Waals surface area contributed by atoms with Crippen molar-refractivity contribution in [1.29, 1.82) is 0 Å². The largest absolute Gasteiger partial charge is 0.465 e. The number of aliphatic hydroxyl groups excluding tert-OH is 1. The second-order valence-electron chi connectivity index (χ2n) is 11.6. The van der Waals surface area contributed by atoms with E-state index in [9.17, 15) is 19.5 Å². The summed E-state index contributed by atoms with van der Waals surface area (Å²) in [7, 11) is 0. The van der Waals surface area contributed by atoms with E-state index in [-0.39, 0.29) is 25.0 Å². The molecule has 1 aromatic rings. The minimum absolute atomic E-state index is 0.215. The standard InChI is InChI=1S/C33H46N2O6/c1-5-9-14-21-40-31(39)27-26-29(37)35(25(23-36)22-24-15-12-11-13-16-24)28(30(38)34(19-7-3)20-10-6-2)33(26)18-17-32(27,8-4)41-33/h5,7,11-13,15-16,25-28,36H,1,3,6,8-10,14,17-23H2,2,4H3/t25-,26+,27+,28?,32-,33?/m1/s1. The number of allylic oxidation sites excluding steroid dienone is 1. The highest BCUT2D eigenvalue weighted by Crippen LogP contribution is 2.65. The first-order valence-corrected chi connectivity index (χ1v) is 15.2. The van der Waals surface area contributed by atoms with Gasteiger partial charge in [-0.2, -0.15) is 0 Å². The lowest BCUT2D eigenvalue weighted by Gasteiger charge is -2.39. The van der Waals surface area contributed by atoms with Gasteiger partial charge in [-0.15, -0.1) is 13.2 Å². The molecule has 3 saturated heterocycles. The van der Waals surface area contributed by atoms with Crippen molar-refractivity contribution in [3.63, 3.8) is 0 Å². The average molecular weight is 567 g/mol. The zero-order valence-corrected chi connectivity index (χ0v) is 24.6. The van der Waals surface area contributed by atoms with Crippen LogP contribution in [0.1, 0.15) is 64.4 Å². The van der Waals surface area contributed by atoms with E-state index in [0.717, 1.165) is 24.8 Å². The first kappa shape index (κ1) is 31.0. The predicted octanol–water partition coefficient (Wildman–Crippen LogP) is 4.07. The van der Waals surface area contributed by atoms with Gasteiger partial charge in [-0.1, -0.05) is 62.8 Å². The van der Waals surface area contributed by atoms with Crippen LogP contribution < -0.4 is 0 Å². The molecule has 1 N–H and O–H groups in total. The highest BCUT2D eigenvalue weighted by atomic mass is 16.6. The molecule has 0 aliphatic carbocycles. The lowest BCUT2D eigenvalue weighted by atomic mass is 9.65. The van der Waals surface area contributed by atoms with Crippen molar-refractivity contribution in [2.75, 3.05) is 26.3 Å². The molecule has 2 bridgehead atoms. The van der Waals surface area contributed by atoms with Gasteiger partial charge in [0.05, 0.1) is 30.8 Å². The Morgan fingerprint density at radius 1 is 1.20 bits per heavy atom. The van der Waals surface area contributed by atoms with Crippen molar-refractivity contribution in [3.05, 3.63) is 61.2 Å². The molecule has 8 heteroatoms. The van der Waals surface area contributed by atoms with Gasteiger partial charge in [0.1, 0.15) is 17.6 Å². The van der Waals surface area contributed by atoms with Crippen LogP contribution in [0.4, 0.5) is 0 Å². The Hall–Kier alpha value is -2.97. The van der Waals surface area contributed by atoms with E-state index in [0.29, 0.717) is 45.2 Å². The van der Waals surface area contributed by atoms with E-state index in [2.05, 4.69) is 20.1 Å². The highest BCUT2D eigenvalue weighted by molar-refractivity contribution is 5.98. The molecule has 0 radical (unpaired) electrons. The van der Waals surface area contributed by atoms with Crippen LogP contribution in [0.5, 0.6) is 0 Å². The number of hydrogen-bond acceptors (Lipinski definition) is 6. The van der Waals surface area contributed by atoms with Crippen LogP contribution in [0.3, 0.4) is 0 Å². The number of esters is 1. The molecular formula is C33H46N2O6. The topological polar surface area (TPSA) is 96.4 Å². The second kappa shape index (κ2) is 13.3. The molecule has 224 valence electrons. The third kappa shape index (κ3) is 5.61. The Bertz CT molecular complexity index is 1110. The van der Waals surface area contributed by atoms with E-state index < -0.39 is 41.1 Å². The van der Waals surface area contributed by atoms with Gasteiger partial charge in [0.2, 0.25) is 11.8 Å². The van der Waals surface area contributed by atoms with Crippen molar-refractivity contribution < 1.29 is 29.0 Å². The monoisotopic (exact) mass is 566 g/mol. The molecule has 6 atom stereocenters. The Balaban J connectivity index is 1.77. The zero-order chi connectivity index (χ0) is 29.6. The van der Waals surface area contributed by atoms with Gasteiger partial charge < -0.3 is 24.4 Å². The minimum Gasteiger partial charge on any atom is -0.465 e. The molecule has 2 amide bonds. The maximum atomic E-state index is 14.5. The summed E-state index contributed by atoms with van der Waals surface area (Å²) in [4.78, 5) is 46.0. The molecule has 1 aromatic carbocycles. The van der Waals surface area contributed by atoms with Crippen molar-refractivity contribution in [1.82, 2.24) is 9.80 Å². The SMILES string of the molecule is C=CCCCOC(=O)[C@@H]1[C@H]2C(=O)N([C@@H](CO)Cc3ccccc3)C(C(=O)N(CC=C)CCCC)C23CC[C@@]1(CC)O3. The number of benzene rings is 1. The number of fused-ring (bicyclic) bond motifs is 1. The number of aliphatic hydroxyl groups is 1. The molecule has 3 heterocycles. The Morgan fingerprint density at radius 3 is 2.59 bits per heavy atom. The normalized spacial score (nSPS) is 28.8. The van der Waals surface area contributed by atoms with E-state index in [1.807, 2.05) is 37.3 Å². The Kier molecular flexibility index (Phi) is 10.1. The van der Waals surface area contributed by atoms with E-state index in [1.54, 1.807) is 22.0 Å². The summed E-state index contributed by atoms with van der Waals surface area (Å²) >= 11 is 0. The number of amides is 2. The summed E-state index contributed by atoms with van der Waals surface area (Å²) in [5, 5.41) is 10.6. The summed E-state index contributed by atoms with van der Waals surface area (Å²) < 4.78 is 12.6. The molecule has 8 nitrogen and oxygen atoms in total. The average Bonchev–Trinajstić information content (AvgIpc) is 3.60. The molecule has 2 unspecified atom stereocenters. The van der Waals surface area contributed by atoms with Crippen LogP contribution >= 0.6 is 0 Å². The van der Waals surface area contributed by atoms with Crippen LogP contribution in [0.2, 0.25) is 0 Å². The van der Waals surface area contributed by atoms with Gasteiger partial charge >= 0.3 is 5.97 Å². The van der Waals surface area contributed by atoms with E-state index >= 15 is 0 Å². The number of nitrogens with zero attached hydrogens (tertiary/aromatic N) is 2. The van der Waals surface area contributed by atoms with Gasteiger partial charge in [-0.25, -0.2) is 0 Å². The third-order valence-corrected chi connectivity index (χ3v) is 9.26. The Morgan fingerprint density at radius 2 is 1.95 bits per heavy atom. The molecule has 3 aliphatic heterocycles. The zero-order valence-electron chi connectivity index (χ0n) is 24.6. The van der Waals surface area contributed by atoms with Crippen molar-refractivity contribution in [2.24, 2.45) is 11.8 Å². The number of rotatable bonds is 16. The molecule has 41 heavy (non-hydrogen) atoms. The summed E-state index contributed by atoms with van der Waals surface area (Å²) in [5.41, 5.74) is -1.08. The van der Waals surface area contributed by atoms with Gasteiger partial charge in [-0.3, -0.25) is 14.4 Å². The van der Waals surface area contributed by atoms with Crippen LogP contribution in [-0.4, -0.2) is 82.3 Å². The molecular weight excluding hydrogens is 520 g/mol. The first-order valence-electron chi connectivity index (χ1n) is 15.2. The summed E-state index contributed by atoms with van der Waals surface area (Å²) in [5.74, 6) is -2.62. The quantitative estimate of drug-likeness (QED) is 0.184. The molecule has 3 aliphatic rings. The predicted molar refractivity (Wildman–Crippen MR) is 157 cm³/mol. The maximum absolute atomic E-state index is 14.5. The third-order valence-electron chi connectivity index (χ3n) is 9.26. The number of unbranched alkanes of at least 4 members (excludes halogenated alkanes) is 2. The second-order valence-corrected chi connectivity index (χ2v) is 11.6. The fourth-order valence-electron chi connectivity index (χ4n) is 7.28. The van der Waals surface area contributed by atoms with Gasteiger partial charge in [0, 0.05) is 13.1 Å².